The van der Waals surface area contributed by atoms with Crippen LogP contribution in [0.4, 0.5) is 5.69 Å². The molecule has 1 saturated heterocycles. The smallest absolute Gasteiger partial charge is 0.270 e. The Labute approximate surface area is 147 Å². The summed E-state index contributed by atoms with van der Waals surface area (Å²) in [6.07, 6.45) is 1.60. The van der Waals surface area contributed by atoms with Gasteiger partial charge in [-0.1, -0.05) is 11.6 Å². The van der Waals surface area contributed by atoms with E-state index in [4.69, 9.17) is 23.8 Å². The summed E-state index contributed by atoms with van der Waals surface area (Å²) < 4.78 is 0. The molecule has 0 spiro atoms. The van der Waals surface area contributed by atoms with Crippen molar-refractivity contribution in [2.75, 3.05) is 4.90 Å². The number of aryl methyl sites for hydroxylation is 1. The average molecular weight is 363 g/mol. The van der Waals surface area contributed by atoms with Crippen LogP contribution in [-0.4, -0.2) is 16.9 Å². The molecule has 2 aromatic rings. The molecular formula is C16H11ClN2O2S2. The summed E-state index contributed by atoms with van der Waals surface area (Å²) in [5.41, 5.74) is 1.62. The van der Waals surface area contributed by atoms with Gasteiger partial charge in [-0.15, -0.1) is 11.3 Å². The number of benzene rings is 1. The maximum atomic E-state index is 12.8. The number of amides is 2. The fourth-order valence-electron chi connectivity index (χ4n) is 2.15. The fraction of sp³-hybridized carbons (Fsp3) is 0.0625. The van der Waals surface area contributed by atoms with E-state index in [0.717, 1.165) is 10.4 Å². The van der Waals surface area contributed by atoms with Gasteiger partial charge >= 0.3 is 0 Å². The molecule has 23 heavy (non-hydrogen) atoms. The molecule has 1 aliphatic heterocycles. The average Bonchev–Trinajstić information content (AvgIpc) is 2.90. The van der Waals surface area contributed by atoms with E-state index in [-0.39, 0.29) is 10.7 Å². The van der Waals surface area contributed by atoms with Crippen molar-refractivity contribution in [2.45, 2.75) is 6.92 Å². The van der Waals surface area contributed by atoms with E-state index >= 15 is 0 Å². The third kappa shape index (κ3) is 3.06. The maximum absolute atomic E-state index is 12.8. The summed E-state index contributed by atoms with van der Waals surface area (Å²) in [5.74, 6) is -0.938. The second-order valence-electron chi connectivity index (χ2n) is 4.90. The molecule has 116 valence electrons. The molecule has 0 radical (unpaired) electrons. The number of thiophene rings is 1. The van der Waals surface area contributed by atoms with Crippen LogP contribution >= 0.6 is 35.2 Å². The molecule has 0 atom stereocenters. The van der Waals surface area contributed by atoms with Crippen molar-refractivity contribution in [3.63, 3.8) is 0 Å². The van der Waals surface area contributed by atoms with Gasteiger partial charge in [-0.2, -0.15) is 0 Å². The molecule has 0 aliphatic carbocycles. The second-order valence-corrected chi connectivity index (χ2v) is 6.67. The summed E-state index contributed by atoms with van der Waals surface area (Å²) in [6, 6.07) is 8.62. The van der Waals surface area contributed by atoms with Crippen LogP contribution in [-0.2, 0) is 9.59 Å². The molecule has 1 aliphatic rings. The van der Waals surface area contributed by atoms with Gasteiger partial charge in [0.05, 0.1) is 5.69 Å². The number of carbonyl (C=O) groups is 2. The van der Waals surface area contributed by atoms with Gasteiger partial charge in [0, 0.05) is 9.90 Å². The minimum absolute atomic E-state index is 0.0547. The Morgan fingerprint density at radius 2 is 1.91 bits per heavy atom. The van der Waals surface area contributed by atoms with Crippen LogP contribution in [0.5, 0.6) is 0 Å². The lowest BCUT2D eigenvalue weighted by Gasteiger charge is -2.28. The molecule has 0 bridgehead atoms. The number of hydrogen-bond acceptors (Lipinski definition) is 4. The van der Waals surface area contributed by atoms with Gasteiger partial charge in [0.1, 0.15) is 5.57 Å². The Kier molecular flexibility index (Phi) is 4.30. The summed E-state index contributed by atoms with van der Waals surface area (Å²) in [4.78, 5) is 27.1. The Morgan fingerprint density at radius 3 is 2.52 bits per heavy atom. The van der Waals surface area contributed by atoms with E-state index in [1.165, 1.54) is 16.2 Å². The zero-order valence-electron chi connectivity index (χ0n) is 12.0. The quantitative estimate of drug-likeness (QED) is 0.505. The third-order valence-corrected chi connectivity index (χ3v) is 4.87. The fourth-order valence-corrected chi connectivity index (χ4v) is 3.41. The highest BCUT2D eigenvalue weighted by molar-refractivity contribution is 7.80. The number of anilines is 1. The first-order valence-electron chi connectivity index (χ1n) is 6.68. The van der Waals surface area contributed by atoms with E-state index in [1.807, 2.05) is 18.4 Å². The normalized spacial score (nSPS) is 16.9. The molecule has 2 heterocycles. The highest BCUT2D eigenvalue weighted by atomic mass is 35.5. The Balaban J connectivity index is 2.02. The van der Waals surface area contributed by atoms with Crippen molar-refractivity contribution >= 4 is 63.8 Å². The van der Waals surface area contributed by atoms with Crippen LogP contribution in [0.3, 0.4) is 0 Å². The van der Waals surface area contributed by atoms with Gasteiger partial charge in [0.2, 0.25) is 0 Å². The van der Waals surface area contributed by atoms with Crippen molar-refractivity contribution in [1.82, 2.24) is 5.32 Å². The number of carbonyl (C=O) groups excluding carboxylic acids is 2. The Hall–Kier alpha value is -2.02. The second kappa shape index (κ2) is 6.23. The molecule has 1 fully saturated rings. The SMILES string of the molecule is Cc1ccsc1C=C1C(=O)NC(=S)N(c2ccc(Cl)cc2)C1=O. The van der Waals surface area contributed by atoms with Gasteiger partial charge in [0.15, 0.2) is 5.11 Å². The first kappa shape index (κ1) is 15.9. The number of hydrogen-bond donors (Lipinski definition) is 1. The van der Waals surface area contributed by atoms with Crippen LogP contribution in [0.15, 0.2) is 41.3 Å². The Morgan fingerprint density at radius 1 is 1.22 bits per heavy atom. The number of nitrogens with one attached hydrogen (secondary N) is 1. The number of halogens is 1. The lowest BCUT2D eigenvalue weighted by atomic mass is 10.1. The molecule has 4 nitrogen and oxygen atoms in total. The predicted molar refractivity (Wildman–Crippen MR) is 96.7 cm³/mol. The van der Waals surface area contributed by atoms with Crippen molar-refractivity contribution in [3.05, 3.63) is 56.7 Å². The van der Waals surface area contributed by atoms with Crippen LogP contribution in [0.2, 0.25) is 5.02 Å². The molecule has 7 heteroatoms. The topological polar surface area (TPSA) is 49.4 Å². The van der Waals surface area contributed by atoms with E-state index in [2.05, 4.69) is 5.32 Å². The van der Waals surface area contributed by atoms with Crippen LogP contribution in [0.1, 0.15) is 10.4 Å². The molecule has 0 unspecified atom stereocenters. The molecule has 1 N–H and O–H groups in total. The number of thiocarbonyl (C=S) groups is 1. The zero-order chi connectivity index (χ0) is 16.6. The zero-order valence-corrected chi connectivity index (χ0v) is 14.4. The first-order chi connectivity index (χ1) is 11.0. The van der Waals surface area contributed by atoms with Gasteiger partial charge in [0.25, 0.3) is 11.8 Å². The van der Waals surface area contributed by atoms with Crippen LogP contribution in [0.25, 0.3) is 6.08 Å². The molecular weight excluding hydrogens is 352 g/mol. The first-order valence-corrected chi connectivity index (χ1v) is 8.35. The lowest BCUT2D eigenvalue weighted by Crippen LogP contribution is -2.54. The van der Waals surface area contributed by atoms with Crippen LogP contribution in [0, 0.1) is 6.92 Å². The van der Waals surface area contributed by atoms with Crippen molar-refractivity contribution in [1.29, 1.82) is 0 Å². The largest absolute Gasteiger partial charge is 0.298 e. The summed E-state index contributed by atoms with van der Waals surface area (Å²) in [6.45, 7) is 1.93. The van der Waals surface area contributed by atoms with E-state index < -0.39 is 11.8 Å². The summed E-state index contributed by atoms with van der Waals surface area (Å²) in [7, 11) is 0. The van der Waals surface area contributed by atoms with Crippen LogP contribution < -0.4 is 10.2 Å². The molecule has 2 amide bonds. The summed E-state index contributed by atoms with van der Waals surface area (Å²) in [5, 5.41) is 5.08. The number of rotatable bonds is 2. The van der Waals surface area contributed by atoms with Gasteiger partial charge < -0.3 is 0 Å². The van der Waals surface area contributed by atoms with Crippen molar-refractivity contribution < 1.29 is 9.59 Å². The molecule has 1 aromatic carbocycles. The monoisotopic (exact) mass is 362 g/mol. The molecule has 1 aromatic heterocycles. The third-order valence-electron chi connectivity index (χ3n) is 3.36. The van der Waals surface area contributed by atoms with E-state index in [0.29, 0.717) is 10.7 Å². The maximum Gasteiger partial charge on any atom is 0.270 e. The highest BCUT2D eigenvalue weighted by Gasteiger charge is 2.34. The molecule has 0 saturated carbocycles. The highest BCUT2D eigenvalue weighted by Crippen LogP contribution is 2.25. The van der Waals surface area contributed by atoms with Gasteiger partial charge in [-0.25, -0.2) is 0 Å². The van der Waals surface area contributed by atoms with E-state index in [9.17, 15) is 9.59 Å². The van der Waals surface area contributed by atoms with Crippen molar-refractivity contribution in [2.24, 2.45) is 0 Å². The van der Waals surface area contributed by atoms with Gasteiger partial charge in [-0.05, 0) is 66.5 Å². The van der Waals surface area contributed by atoms with E-state index in [1.54, 1.807) is 30.3 Å². The standard InChI is InChI=1S/C16H11ClN2O2S2/c1-9-6-7-23-13(9)8-12-14(20)18-16(22)19(15(12)21)11-4-2-10(17)3-5-11/h2-8H,1H3,(H,18,20,22). The molecule has 3 rings (SSSR count). The van der Waals surface area contributed by atoms with Gasteiger partial charge in [-0.3, -0.25) is 19.8 Å². The Bertz CT molecular complexity index is 840. The lowest BCUT2D eigenvalue weighted by molar-refractivity contribution is -0.122. The van der Waals surface area contributed by atoms with Crippen molar-refractivity contribution in [3.8, 4) is 0 Å². The number of nitrogens with zero attached hydrogens (tertiary/aromatic N) is 1. The summed E-state index contributed by atoms with van der Waals surface area (Å²) >= 11 is 12.5. The minimum Gasteiger partial charge on any atom is -0.298 e. The minimum atomic E-state index is -0.488. The predicted octanol–water partition coefficient (Wildman–Crippen LogP) is 3.54.